The van der Waals surface area contributed by atoms with Gasteiger partial charge in [0.05, 0.1) is 6.61 Å². The molecule has 0 spiro atoms. The van der Waals surface area contributed by atoms with Crippen LogP contribution in [0.15, 0.2) is 12.2 Å². The van der Waals surface area contributed by atoms with Crippen LogP contribution < -0.4 is 5.32 Å². The Kier molecular flexibility index (Phi) is 15.7. The molecule has 5 atom stereocenters. The average Bonchev–Trinajstić information content (AvgIpc) is 2.77. The first-order chi connectivity index (χ1) is 17.9. The molecule has 0 saturated carbocycles. The van der Waals surface area contributed by atoms with E-state index in [0.29, 0.717) is 6.42 Å². The second kappa shape index (κ2) is 17.0. The molecule has 0 aliphatic carbocycles. The van der Waals surface area contributed by atoms with Crippen LogP contribution in [0.3, 0.4) is 0 Å². The minimum atomic E-state index is -5.04. The van der Waals surface area contributed by atoms with E-state index in [4.69, 9.17) is 19.3 Å². The van der Waals surface area contributed by atoms with Gasteiger partial charge in [0, 0.05) is 20.9 Å². The maximum absolute atomic E-state index is 13.0. The minimum Gasteiger partial charge on any atom is -0.459 e. The molecule has 39 heavy (non-hydrogen) atoms. The van der Waals surface area contributed by atoms with Gasteiger partial charge in [0.25, 0.3) is 0 Å². The van der Waals surface area contributed by atoms with E-state index in [-0.39, 0.29) is 11.7 Å². The number of phosphoric acid groups is 1. The van der Waals surface area contributed by atoms with E-state index in [1.807, 2.05) is 26.0 Å². The second-order valence-electron chi connectivity index (χ2n) is 9.02. The first kappa shape index (κ1) is 36.2. The quantitative estimate of drug-likeness (QED) is 0.0991. The Morgan fingerprint density at radius 1 is 1.00 bits per heavy atom. The zero-order valence-electron chi connectivity index (χ0n) is 23.5. The third-order valence-electron chi connectivity index (χ3n) is 5.20. The summed E-state index contributed by atoms with van der Waals surface area (Å²) in [7, 11) is -0.512. The lowest BCUT2D eigenvalue weighted by molar-refractivity contribution is -0.162. The Balaban J connectivity index is 5.65. The van der Waals surface area contributed by atoms with Gasteiger partial charge in [-0.2, -0.15) is 0 Å². The van der Waals surface area contributed by atoms with Crippen LogP contribution in [0.1, 0.15) is 41.0 Å². The molecular formula is C23H40N3O12P. The number of hydrogen-bond donors (Lipinski definition) is 3. The summed E-state index contributed by atoms with van der Waals surface area (Å²) in [6, 6.07) is -2.46. The van der Waals surface area contributed by atoms with E-state index >= 15 is 0 Å². The van der Waals surface area contributed by atoms with Crippen LogP contribution in [0.4, 0.5) is 4.79 Å². The molecule has 0 fully saturated rings. The highest BCUT2D eigenvalue weighted by Crippen LogP contribution is 2.35. The maximum Gasteiger partial charge on any atom is 0.469 e. The molecule has 0 aliphatic rings. The smallest absolute Gasteiger partial charge is 0.459 e. The van der Waals surface area contributed by atoms with Gasteiger partial charge in [-0.15, -0.1) is 0 Å². The lowest BCUT2D eigenvalue weighted by atomic mass is 9.91. The van der Waals surface area contributed by atoms with Crippen LogP contribution in [-0.2, 0) is 42.5 Å². The zero-order valence-corrected chi connectivity index (χ0v) is 24.4. The van der Waals surface area contributed by atoms with Gasteiger partial charge in [0.1, 0.15) is 24.7 Å². The molecule has 0 aromatic heterocycles. The highest BCUT2D eigenvalue weighted by Gasteiger charge is 2.36. The van der Waals surface area contributed by atoms with E-state index in [9.17, 15) is 28.5 Å². The van der Waals surface area contributed by atoms with E-state index in [0.717, 1.165) is 11.8 Å². The van der Waals surface area contributed by atoms with Crippen molar-refractivity contribution < 1.29 is 57.1 Å². The molecule has 16 heteroatoms. The van der Waals surface area contributed by atoms with Crippen molar-refractivity contribution in [1.82, 2.24) is 15.1 Å². The normalized spacial score (nSPS) is 15.6. The molecule has 224 valence electrons. The number of ether oxygens (including phenoxy) is 3. The predicted octanol–water partition coefficient (Wildman–Crippen LogP) is 0.591. The van der Waals surface area contributed by atoms with Crippen LogP contribution >= 0.6 is 7.82 Å². The number of ketones is 1. The standard InChI is InChI=1S/C23H40N3O12P/c1-9-10-11-14(2)21(20(15(3)27)25(6)7)38-19(29)12-26(8)22(30)18(13-35-39(32,33)34)24-23(31)37-17(5)36-16(4)28/h9-10,14,17-18,20-21H,11-13H2,1-8H3,(H,24,31)(H2,32,33,34)/b10-9+/t14-,17?,18+,20-,21-/m1/s1. The van der Waals surface area contributed by atoms with Crippen molar-refractivity contribution in [3.05, 3.63) is 12.2 Å². The van der Waals surface area contributed by atoms with Crippen molar-refractivity contribution in [3.63, 3.8) is 0 Å². The van der Waals surface area contributed by atoms with Gasteiger partial charge in [-0.3, -0.25) is 28.6 Å². The van der Waals surface area contributed by atoms with Crippen molar-refractivity contribution in [2.75, 3.05) is 34.3 Å². The number of carbonyl (C=O) groups excluding carboxylic acids is 5. The van der Waals surface area contributed by atoms with Crippen LogP contribution in [0.2, 0.25) is 0 Å². The van der Waals surface area contributed by atoms with Gasteiger partial charge >= 0.3 is 25.9 Å². The summed E-state index contributed by atoms with van der Waals surface area (Å²) in [4.78, 5) is 81.8. The number of alkyl carbamates (subject to hydrolysis) is 1. The molecule has 0 aliphatic heterocycles. The fourth-order valence-electron chi connectivity index (χ4n) is 3.52. The largest absolute Gasteiger partial charge is 0.469 e. The minimum absolute atomic E-state index is 0.227. The number of allylic oxidation sites excluding steroid dienone is 2. The van der Waals surface area contributed by atoms with Crippen LogP contribution in [0, 0.1) is 5.92 Å². The lowest BCUT2D eigenvalue weighted by Crippen LogP contribution is -2.53. The van der Waals surface area contributed by atoms with Crippen molar-refractivity contribution >= 4 is 37.5 Å². The number of esters is 2. The highest BCUT2D eigenvalue weighted by molar-refractivity contribution is 7.46. The first-order valence-corrected chi connectivity index (χ1v) is 13.5. The number of likely N-dealkylation sites (N-methyl/N-ethyl adjacent to an activating group) is 2. The molecule has 0 aromatic rings. The Morgan fingerprint density at radius 2 is 1.59 bits per heavy atom. The Labute approximate surface area is 228 Å². The SMILES string of the molecule is C/C=C/C[C@@H](C)[C@@H](OC(=O)CN(C)C(=O)[C@H](COP(=O)(O)O)NC(=O)OC(C)OC(C)=O)[C@@H](C(C)=O)N(C)C. The van der Waals surface area contributed by atoms with Gasteiger partial charge in [-0.25, -0.2) is 9.36 Å². The monoisotopic (exact) mass is 581 g/mol. The number of rotatable bonds is 16. The van der Waals surface area contributed by atoms with E-state index < -0.39 is 69.4 Å². The zero-order chi connectivity index (χ0) is 30.5. The maximum atomic E-state index is 13.0. The lowest BCUT2D eigenvalue weighted by Gasteiger charge is -2.34. The number of hydrogen-bond acceptors (Lipinski definition) is 11. The fraction of sp³-hybridized carbons (Fsp3) is 0.696. The van der Waals surface area contributed by atoms with Gasteiger partial charge in [-0.05, 0) is 40.3 Å². The fourth-order valence-corrected chi connectivity index (χ4v) is 3.87. The summed E-state index contributed by atoms with van der Waals surface area (Å²) in [5, 5.41) is 2.05. The number of carbonyl (C=O) groups is 5. The number of phosphoric ester groups is 1. The number of amides is 2. The van der Waals surface area contributed by atoms with Gasteiger partial charge in [0.15, 0.2) is 5.78 Å². The summed E-state index contributed by atoms with van der Waals surface area (Å²) >= 11 is 0. The summed E-state index contributed by atoms with van der Waals surface area (Å²) < 4.78 is 30.6. The number of nitrogens with zero attached hydrogens (tertiary/aromatic N) is 2. The van der Waals surface area contributed by atoms with Gasteiger partial charge < -0.3 is 34.2 Å². The predicted molar refractivity (Wildman–Crippen MR) is 137 cm³/mol. The summed E-state index contributed by atoms with van der Waals surface area (Å²) in [6.07, 6.45) is 0.758. The first-order valence-electron chi connectivity index (χ1n) is 12.0. The number of nitrogens with one attached hydrogen (secondary N) is 1. The van der Waals surface area contributed by atoms with Gasteiger partial charge in [-0.1, -0.05) is 19.1 Å². The molecular weight excluding hydrogens is 541 g/mol. The molecule has 0 rings (SSSR count). The molecule has 0 saturated heterocycles. The molecule has 1 unspecified atom stereocenters. The summed E-state index contributed by atoms with van der Waals surface area (Å²) in [5.41, 5.74) is 0. The average molecular weight is 582 g/mol. The molecule has 0 bridgehead atoms. The summed E-state index contributed by atoms with van der Waals surface area (Å²) in [5.74, 6) is -3.08. The molecule has 0 aromatic carbocycles. The third-order valence-corrected chi connectivity index (χ3v) is 5.69. The van der Waals surface area contributed by atoms with Crippen LogP contribution in [0.5, 0.6) is 0 Å². The topological polar surface area (TPSA) is 198 Å². The summed E-state index contributed by atoms with van der Waals surface area (Å²) in [6.45, 7) is 5.72. The molecule has 0 radical (unpaired) electrons. The van der Waals surface area contributed by atoms with Crippen molar-refractivity contribution in [2.24, 2.45) is 5.92 Å². The van der Waals surface area contributed by atoms with E-state index in [1.54, 1.807) is 19.0 Å². The van der Waals surface area contributed by atoms with Gasteiger partial charge in [0.2, 0.25) is 12.2 Å². The number of Topliss-reactive ketones (excluding diaryl/α,β-unsaturated/α-hetero) is 1. The molecule has 2 amide bonds. The van der Waals surface area contributed by atoms with Crippen molar-refractivity contribution in [2.45, 2.75) is 65.5 Å². The Morgan fingerprint density at radius 3 is 2.05 bits per heavy atom. The molecule has 3 N–H and O–H groups in total. The van der Waals surface area contributed by atoms with E-state index in [2.05, 4.69) is 14.6 Å². The third kappa shape index (κ3) is 14.8. The van der Waals surface area contributed by atoms with Crippen molar-refractivity contribution in [3.8, 4) is 0 Å². The molecule has 0 heterocycles. The van der Waals surface area contributed by atoms with Crippen molar-refractivity contribution in [1.29, 1.82) is 0 Å². The van der Waals surface area contributed by atoms with Crippen LogP contribution in [0.25, 0.3) is 0 Å². The Hall–Kier alpha value is -2.84. The van der Waals surface area contributed by atoms with E-state index in [1.165, 1.54) is 20.9 Å². The highest BCUT2D eigenvalue weighted by atomic mass is 31.2. The molecule has 15 nitrogen and oxygen atoms in total. The second-order valence-corrected chi connectivity index (χ2v) is 10.3. The Bertz CT molecular complexity index is 935. The van der Waals surface area contributed by atoms with Crippen LogP contribution in [-0.4, -0.2) is 108 Å².